The molecule has 1 aliphatic heterocycles. The molecule has 1 aromatic rings. The van der Waals surface area contributed by atoms with Crippen LogP contribution in [-0.2, 0) is 16.0 Å². The number of carbonyl (C=O) groups is 2. The second kappa shape index (κ2) is 14.8. The van der Waals surface area contributed by atoms with Crippen molar-refractivity contribution in [1.82, 2.24) is 5.32 Å². The molecule has 0 radical (unpaired) electrons. The van der Waals surface area contributed by atoms with Gasteiger partial charge in [0.05, 0.1) is 0 Å². The van der Waals surface area contributed by atoms with Gasteiger partial charge in [-0.2, -0.15) is 0 Å². The fraction of sp³-hybridized carbons (Fsp3) is 0.318. The van der Waals surface area contributed by atoms with Crippen molar-refractivity contribution >= 4 is 24.3 Å². The molecule has 1 heterocycles. The van der Waals surface area contributed by atoms with Gasteiger partial charge in [0.15, 0.2) is 0 Å². The Bertz CT molecular complexity index is 746. The third kappa shape index (κ3) is 8.37. The number of hydrogen-bond donors (Lipinski definition) is 1. The van der Waals surface area contributed by atoms with Gasteiger partial charge >= 0.3 is 0 Å². The third-order valence-corrected chi connectivity index (χ3v) is 3.38. The minimum atomic E-state index is -0.288. The Kier molecular flexibility index (Phi) is 13.0. The van der Waals surface area contributed by atoms with E-state index in [0.29, 0.717) is 18.0 Å². The Hall–Kier alpha value is -3.33. The van der Waals surface area contributed by atoms with Crippen molar-refractivity contribution in [1.29, 1.82) is 0 Å². The lowest BCUT2D eigenvalue weighted by atomic mass is 10.1. The van der Waals surface area contributed by atoms with Gasteiger partial charge in [-0.25, -0.2) is 4.99 Å². The topological polar surface area (TPSA) is 71.0 Å². The van der Waals surface area contributed by atoms with Gasteiger partial charge in [0, 0.05) is 18.9 Å². The predicted molar refractivity (Wildman–Crippen MR) is 115 cm³/mol. The molecule has 0 fully saturated rings. The fourth-order valence-corrected chi connectivity index (χ4v) is 2.20. The molecule has 0 aromatic heterocycles. The van der Waals surface area contributed by atoms with Crippen molar-refractivity contribution in [3.8, 4) is 18.1 Å². The lowest BCUT2D eigenvalue weighted by Gasteiger charge is -2.18. The van der Waals surface area contributed by atoms with Crippen LogP contribution >= 0.6 is 0 Å². The van der Waals surface area contributed by atoms with Crippen LogP contribution in [0.5, 0.6) is 5.75 Å². The number of amidine groups is 1. The molecular weight excluding hydrogens is 354 g/mol. The van der Waals surface area contributed by atoms with Crippen molar-refractivity contribution in [3.05, 3.63) is 48.2 Å². The highest BCUT2D eigenvalue weighted by Gasteiger charge is 2.10. The highest BCUT2D eigenvalue weighted by Crippen LogP contribution is 2.25. The van der Waals surface area contributed by atoms with Crippen LogP contribution in [0.2, 0.25) is 0 Å². The van der Waals surface area contributed by atoms with E-state index in [4.69, 9.17) is 4.74 Å². The van der Waals surface area contributed by atoms with Gasteiger partial charge in [0.25, 0.3) is 0 Å². The van der Waals surface area contributed by atoms with E-state index in [1.807, 2.05) is 39.0 Å². The summed E-state index contributed by atoms with van der Waals surface area (Å²) in [5.41, 5.74) is 1.89. The SMILES string of the molecule is C#CC.CC.CCc1cc(OC2C=CN=C(NC=O)C=C2)ccc1N(C)C=O. The number of benzene rings is 1. The molecular formula is C22H29N3O3. The summed E-state index contributed by atoms with van der Waals surface area (Å²) < 4.78 is 5.90. The van der Waals surface area contributed by atoms with Gasteiger partial charge in [-0.15, -0.1) is 12.3 Å². The van der Waals surface area contributed by atoms with Crippen LogP contribution in [0.3, 0.4) is 0 Å². The highest BCUT2D eigenvalue weighted by molar-refractivity contribution is 5.99. The number of carbonyl (C=O) groups excluding carboxylic acids is 2. The van der Waals surface area contributed by atoms with E-state index in [1.165, 1.54) is 0 Å². The maximum Gasteiger partial charge on any atom is 0.213 e. The van der Waals surface area contributed by atoms with Crippen LogP contribution in [0.15, 0.2) is 47.6 Å². The Balaban J connectivity index is 0.00000133. The predicted octanol–water partition coefficient (Wildman–Crippen LogP) is 3.48. The number of ether oxygens (including phenoxy) is 1. The minimum Gasteiger partial charge on any atom is -0.482 e. The molecule has 1 aromatic carbocycles. The summed E-state index contributed by atoms with van der Waals surface area (Å²) in [5, 5.41) is 2.49. The quantitative estimate of drug-likeness (QED) is 0.604. The fourth-order valence-electron chi connectivity index (χ4n) is 2.20. The third-order valence-electron chi connectivity index (χ3n) is 3.38. The van der Waals surface area contributed by atoms with Crippen LogP contribution in [0, 0.1) is 12.3 Å². The summed E-state index contributed by atoms with van der Waals surface area (Å²) in [4.78, 5) is 27.0. The smallest absolute Gasteiger partial charge is 0.213 e. The summed E-state index contributed by atoms with van der Waals surface area (Å²) in [6, 6.07) is 5.61. The average Bonchev–Trinajstić information content (AvgIpc) is 2.95. The van der Waals surface area contributed by atoms with Crippen LogP contribution in [0.4, 0.5) is 5.69 Å². The molecule has 6 heteroatoms. The lowest BCUT2D eigenvalue weighted by molar-refractivity contribution is -0.108. The van der Waals surface area contributed by atoms with Gasteiger partial charge in [-0.1, -0.05) is 20.8 Å². The van der Waals surface area contributed by atoms with Gasteiger partial charge in [0.2, 0.25) is 12.8 Å². The van der Waals surface area contributed by atoms with E-state index >= 15 is 0 Å². The molecule has 1 aliphatic rings. The molecule has 0 bridgehead atoms. The molecule has 1 atom stereocenters. The molecule has 28 heavy (non-hydrogen) atoms. The number of amides is 2. The highest BCUT2D eigenvalue weighted by atomic mass is 16.5. The van der Waals surface area contributed by atoms with Crippen LogP contribution in [0.1, 0.15) is 33.3 Å². The molecule has 0 saturated carbocycles. The van der Waals surface area contributed by atoms with E-state index < -0.39 is 0 Å². The first kappa shape index (κ1) is 24.7. The molecule has 1 N–H and O–H groups in total. The van der Waals surface area contributed by atoms with Crippen molar-refractivity contribution in [2.75, 3.05) is 11.9 Å². The van der Waals surface area contributed by atoms with Gasteiger partial charge < -0.3 is 15.0 Å². The maximum absolute atomic E-state index is 10.9. The van der Waals surface area contributed by atoms with Gasteiger partial charge in [-0.3, -0.25) is 9.59 Å². The molecule has 150 valence electrons. The second-order valence-electron chi connectivity index (χ2n) is 5.21. The number of rotatable bonds is 6. The number of nitrogens with one attached hydrogen (secondary N) is 1. The normalized spacial score (nSPS) is 13.9. The lowest BCUT2D eigenvalue weighted by Crippen LogP contribution is -2.19. The molecule has 2 rings (SSSR count). The molecule has 1 unspecified atom stereocenters. The number of hydrogen-bond acceptors (Lipinski definition) is 4. The van der Waals surface area contributed by atoms with E-state index in [-0.39, 0.29) is 6.10 Å². The van der Waals surface area contributed by atoms with Crippen molar-refractivity contribution < 1.29 is 14.3 Å². The van der Waals surface area contributed by atoms with E-state index in [0.717, 1.165) is 24.1 Å². The zero-order valence-electron chi connectivity index (χ0n) is 17.2. The molecule has 0 spiro atoms. The van der Waals surface area contributed by atoms with E-state index in [9.17, 15) is 9.59 Å². The van der Waals surface area contributed by atoms with Crippen molar-refractivity contribution in [3.63, 3.8) is 0 Å². The summed E-state index contributed by atoms with van der Waals surface area (Å²) in [5.74, 6) is 3.41. The first-order valence-corrected chi connectivity index (χ1v) is 9.07. The Morgan fingerprint density at radius 2 is 2.00 bits per heavy atom. The summed E-state index contributed by atoms with van der Waals surface area (Å²) >= 11 is 0. The number of anilines is 1. The van der Waals surface area contributed by atoms with Crippen LogP contribution < -0.4 is 15.0 Å². The standard InChI is InChI=1S/C17H19N3O3.C3H4.C2H6/c1-3-13-10-15(4-6-16(13)20(2)12-22)23-14-5-7-17(19-11-21)18-9-8-14;1-3-2;1-2/h4-12,14H,3H2,1-2H3,(H,18,19,21);1H,2H3;1-2H3. The van der Waals surface area contributed by atoms with Crippen molar-refractivity contribution in [2.24, 2.45) is 4.99 Å². The summed E-state index contributed by atoms with van der Waals surface area (Å²) in [6.45, 7) is 7.68. The number of nitrogens with zero attached hydrogens (tertiary/aromatic N) is 2. The van der Waals surface area contributed by atoms with E-state index in [1.54, 1.807) is 43.3 Å². The van der Waals surface area contributed by atoms with Crippen LogP contribution in [0.25, 0.3) is 0 Å². The van der Waals surface area contributed by atoms with E-state index in [2.05, 4.69) is 22.7 Å². The maximum atomic E-state index is 10.9. The molecule has 0 saturated heterocycles. The largest absolute Gasteiger partial charge is 0.482 e. The minimum absolute atomic E-state index is 0.288. The number of aliphatic imine (C=N–C) groups is 1. The molecule has 2 amide bonds. The van der Waals surface area contributed by atoms with Gasteiger partial charge in [-0.05, 0) is 55.3 Å². The zero-order chi connectivity index (χ0) is 21.4. The zero-order valence-corrected chi connectivity index (χ0v) is 17.2. The summed E-state index contributed by atoms with van der Waals surface area (Å²) in [6.07, 6.45) is 13.3. The number of aryl methyl sites for hydroxylation is 1. The number of terminal acetylenes is 1. The Morgan fingerprint density at radius 3 is 2.57 bits per heavy atom. The Labute approximate surface area is 168 Å². The monoisotopic (exact) mass is 383 g/mol. The second-order valence-corrected chi connectivity index (χ2v) is 5.21. The first-order chi connectivity index (χ1) is 13.6. The molecule has 6 nitrogen and oxygen atoms in total. The first-order valence-electron chi connectivity index (χ1n) is 9.07. The van der Waals surface area contributed by atoms with Gasteiger partial charge in [0.1, 0.15) is 17.7 Å². The Morgan fingerprint density at radius 1 is 1.32 bits per heavy atom. The van der Waals surface area contributed by atoms with Crippen molar-refractivity contribution in [2.45, 2.75) is 40.2 Å². The average molecular weight is 383 g/mol. The van der Waals surface area contributed by atoms with Crippen LogP contribution in [-0.4, -0.2) is 31.8 Å². The molecule has 0 aliphatic carbocycles. The summed E-state index contributed by atoms with van der Waals surface area (Å²) in [7, 11) is 1.72.